The van der Waals surface area contributed by atoms with Gasteiger partial charge in [0.1, 0.15) is 5.75 Å². The van der Waals surface area contributed by atoms with Crippen LogP contribution in [0.25, 0.3) is 0 Å². The van der Waals surface area contributed by atoms with Crippen LogP contribution < -0.4 is 21.3 Å². The van der Waals surface area contributed by atoms with Gasteiger partial charge in [0.05, 0.1) is 5.56 Å². The Morgan fingerprint density at radius 3 is 2.78 bits per heavy atom. The second-order valence-electron chi connectivity index (χ2n) is 3.35. The molecule has 1 aromatic carbocycles. The maximum Gasteiger partial charge on any atom is 0.268 e. The number of amides is 2. The minimum Gasteiger partial charge on any atom is -0.483 e. The van der Waals surface area contributed by atoms with Gasteiger partial charge in [-0.2, -0.15) is 0 Å². The number of rotatable bonds is 6. The molecule has 0 atom stereocenters. The normalized spacial score (nSPS) is 9.39. The fourth-order valence-electron chi connectivity index (χ4n) is 1.24. The fraction of sp³-hybridized carbons (Fsp3) is 0.167. The fourth-order valence-corrected chi connectivity index (χ4v) is 1.24. The van der Waals surface area contributed by atoms with E-state index in [1.165, 1.54) is 0 Å². The van der Waals surface area contributed by atoms with Crippen LogP contribution in [0.5, 0.6) is 5.75 Å². The van der Waals surface area contributed by atoms with Crippen molar-refractivity contribution in [2.75, 3.05) is 13.2 Å². The van der Waals surface area contributed by atoms with Crippen LogP contribution in [-0.2, 0) is 4.79 Å². The molecule has 0 fully saturated rings. The summed E-state index contributed by atoms with van der Waals surface area (Å²) in [5, 5.41) is 2.56. The summed E-state index contributed by atoms with van der Waals surface area (Å²) in [6, 6.07) is 6.52. The molecule has 0 aliphatic rings. The average molecular weight is 249 g/mol. The number of benzene rings is 1. The van der Waals surface area contributed by atoms with Gasteiger partial charge in [0, 0.05) is 6.54 Å². The lowest BCUT2D eigenvalue weighted by atomic mass is 10.2. The van der Waals surface area contributed by atoms with Gasteiger partial charge >= 0.3 is 0 Å². The van der Waals surface area contributed by atoms with E-state index in [-0.39, 0.29) is 18.1 Å². The summed E-state index contributed by atoms with van der Waals surface area (Å²) in [6.45, 7) is 3.67. The van der Waals surface area contributed by atoms with E-state index in [1.807, 2.05) is 5.43 Å². The van der Waals surface area contributed by atoms with E-state index < -0.39 is 5.91 Å². The van der Waals surface area contributed by atoms with Gasteiger partial charge in [-0.1, -0.05) is 18.2 Å². The Morgan fingerprint density at radius 2 is 2.11 bits per heavy atom. The number of hydrogen-bond donors (Lipinski definition) is 3. The number of nitrogen functional groups attached to an aromatic ring is 1. The smallest absolute Gasteiger partial charge is 0.268 e. The molecule has 0 saturated heterocycles. The lowest BCUT2D eigenvalue weighted by molar-refractivity contribution is -0.122. The first-order valence-corrected chi connectivity index (χ1v) is 5.29. The molecule has 0 saturated carbocycles. The lowest BCUT2D eigenvalue weighted by Gasteiger charge is -2.09. The van der Waals surface area contributed by atoms with Gasteiger partial charge in [-0.25, -0.2) is 5.84 Å². The monoisotopic (exact) mass is 249 g/mol. The quantitative estimate of drug-likeness (QED) is 0.286. The molecule has 18 heavy (non-hydrogen) atoms. The molecule has 0 unspecified atom stereocenters. The molecule has 0 bridgehead atoms. The first-order chi connectivity index (χ1) is 8.69. The van der Waals surface area contributed by atoms with Gasteiger partial charge in [-0.15, -0.1) is 6.58 Å². The van der Waals surface area contributed by atoms with E-state index in [0.717, 1.165) is 0 Å². The van der Waals surface area contributed by atoms with Crippen LogP contribution in [0.4, 0.5) is 0 Å². The maximum atomic E-state index is 11.4. The molecule has 4 N–H and O–H groups in total. The van der Waals surface area contributed by atoms with Gasteiger partial charge < -0.3 is 10.1 Å². The highest BCUT2D eigenvalue weighted by Crippen LogP contribution is 2.17. The molecule has 0 heterocycles. The van der Waals surface area contributed by atoms with E-state index in [1.54, 1.807) is 30.3 Å². The van der Waals surface area contributed by atoms with Crippen LogP contribution in [0, 0.1) is 0 Å². The van der Waals surface area contributed by atoms with E-state index in [9.17, 15) is 9.59 Å². The molecule has 0 spiro atoms. The first kappa shape index (κ1) is 13.7. The Bertz CT molecular complexity index is 446. The Kier molecular flexibility index (Phi) is 5.40. The van der Waals surface area contributed by atoms with Crippen LogP contribution >= 0.6 is 0 Å². The van der Waals surface area contributed by atoms with E-state index in [2.05, 4.69) is 11.9 Å². The third kappa shape index (κ3) is 3.91. The Labute approximate surface area is 105 Å². The maximum absolute atomic E-state index is 11.4. The highest BCUT2D eigenvalue weighted by molar-refractivity contribution is 5.96. The van der Waals surface area contributed by atoms with Gasteiger partial charge in [-0.05, 0) is 12.1 Å². The molecule has 6 nitrogen and oxygen atoms in total. The Hall–Kier alpha value is -2.34. The molecular weight excluding hydrogens is 234 g/mol. The number of carbonyl (C=O) groups excluding carboxylic acids is 2. The van der Waals surface area contributed by atoms with Gasteiger partial charge in [0.15, 0.2) is 6.61 Å². The predicted octanol–water partition coefficient (Wildman–Crippen LogP) is -0.0289. The summed E-state index contributed by atoms with van der Waals surface area (Å²) in [4.78, 5) is 22.7. The van der Waals surface area contributed by atoms with Crippen molar-refractivity contribution in [2.24, 2.45) is 5.84 Å². The predicted molar refractivity (Wildman–Crippen MR) is 66.8 cm³/mol. The van der Waals surface area contributed by atoms with E-state index in [4.69, 9.17) is 10.6 Å². The molecule has 2 amide bonds. The second-order valence-corrected chi connectivity index (χ2v) is 3.35. The summed E-state index contributed by atoms with van der Waals surface area (Å²) in [5.41, 5.74) is 2.29. The van der Waals surface area contributed by atoms with Gasteiger partial charge in [0.25, 0.3) is 11.8 Å². The van der Waals surface area contributed by atoms with Crippen molar-refractivity contribution in [3.63, 3.8) is 0 Å². The number of carbonyl (C=O) groups is 2. The average Bonchev–Trinajstić information content (AvgIpc) is 2.42. The van der Waals surface area contributed by atoms with Crippen molar-refractivity contribution in [2.45, 2.75) is 0 Å². The van der Waals surface area contributed by atoms with Crippen molar-refractivity contribution in [1.29, 1.82) is 0 Å². The van der Waals surface area contributed by atoms with Crippen LogP contribution in [0.3, 0.4) is 0 Å². The molecule has 0 radical (unpaired) electrons. The van der Waals surface area contributed by atoms with Crippen molar-refractivity contribution in [3.05, 3.63) is 42.5 Å². The minimum absolute atomic E-state index is 0.178. The minimum atomic E-state index is -0.475. The zero-order valence-electron chi connectivity index (χ0n) is 9.81. The van der Waals surface area contributed by atoms with Crippen molar-refractivity contribution in [3.8, 4) is 5.75 Å². The zero-order valence-corrected chi connectivity index (χ0v) is 9.81. The highest BCUT2D eigenvalue weighted by Gasteiger charge is 2.11. The van der Waals surface area contributed by atoms with E-state index in [0.29, 0.717) is 12.3 Å². The van der Waals surface area contributed by atoms with Crippen molar-refractivity contribution < 1.29 is 14.3 Å². The SMILES string of the molecule is C=CCNC(=O)COc1ccccc1C(=O)NN. The summed E-state index contributed by atoms with van der Waals surface area (Å²) < 4.78 is 5.26. The Morgan fingerprint density at radius 1 is 1.39 bits per heavy atom. The number of para-hydroxylation sites is 1. The molecule has 1 aromatic rings. The molecule has 96 valence electrons. The highest BCUT2D eigenvalue weighted by atomic mass is 16.5. The topological polar surface area (TPSA) is 93.4 Å². The van der Waals surface area contributed by atoms with Crippen molar-refractivity contribution in [1.82, 2.24) is 10.7 Å². The van der Waals surface area contributed by atoms with Crippen LogP contribution in [0.1, 0.15) is 10.4 Å². The number of nitrogens with two attached hydrogens (primary N) is 1. The van der Waals surface area contributed by atoms with Crippen molar-refractivity contribution >= 4 is 11.8 Å². The number of nitrogens with one attached hydrogen (secondary N) is 2. The Balaban J connectivity index is 2.64. The summed E-state index contributed by atoms with van der Waals surface area (Å²) in [5.74, 6) is 4.58. The molecule has 1 rings (SSSR count). The molecular formula is C12H15N3O3. The van der Waals surface area contributed by atoms with Crippen LogP contribution in [-0.4, -0.2) is 25.0 Å². The molecule has 6 heteroatoms. The number of hydrogen-bond acceptors (Lipinski definition) is 4. The van der Waals surface area contributed by atoms with E-state index >= 15 is 0 Å². The van der Waals surface area contributed by atoms with Gasteiger partial charge in [-0.3, -0.25) is 15.0 Å². The summed E-state index contributed by atoms with van der Waals surface area (Å²) >= 11 is 0. The van der Waals surface area contributed by atoms with Crippen LogP contribution in [0.2, 0.25) is 0 Å². The summed E-state index contributed by atoms with van der Waals surface area (Å²) in [6.07, 6.45) is 1.56. The van der Waals surface area contributed by atoms with Crippen LogP contribution in [0.15, 0.2) is 36.9 Å². The first-order valence-electron chi connectivity index (χ1n) is 5.29. The molecule has 0 aliphatic heterocycles. The lowest BCUT2D eigenvalue weighted by Crippen LogP contribution is -2.31. The second kappa shape index (κ2) is 7.08. The summed E-state index contributed by atoms with van der Waals surface area (Å²) in [7, 11) is 0. The third-order valence-electron chi connectivity index (χ3n) is 2.07. The zero-order chi connectivity index (χ0) is 13.4. The van der Waals surface area contributed by atoms with Gasteiger partial charge in [0.2, 0.25) is 0 Å². The number of ether oxygens (including phenoxy) is 1. The molecule has 0 aromatic heterocycles. The molecule has 0 aliphatic carbocycles. The third-order valence-corrected chi connectivity index (χ3v) is 2.07. The number of hydrazine groups is 1. The standard InChI is InChI=1S/C12H15N3O3/c1-2-7-14-11(16)8-18-10-6-4-3-5-9(10)12(17)15-13/h2-6H,1,7-8,13H2,(H,14,16)(H,15,17). The largest absolute Gasteiger partial charge is 0.483 e.